The van der Waals surface area contributed by atoms with Crippen LogP contribution >= 0.6 is 0 Å². The van der Waals surface area contributed by atoms with Crippen molar-refractivity contribution in [1.82, 2.24) is 0 Å². The summed E-state index contributed by atoms with van der Waals surface area (Å²) in [5.74, 6) is 0. The molecule has 15 heteroatoms. The second-order valence-corrected chi connectivity index (χ2v) is 5.20. The minimum atomic E-state index is 0. The largest absolute Gasteiger partial charge is 1.00 e. The van der Waals surface area contributed by atoms with Gasteiger partial charge in [-0.3, -0.25) is 0 Å². The van der Waals surface area contributed by atoms with E-state index >= 15 is 0 Å². The molecule has 3 saturated heterocycles. The summed E-state index contributed by atoms with van der Waals surface area (Å²) in [5.41, 5.74) is 0. The van der Waals surface area contributed by atoms with Gasteiger partial charge in [0.2, 0.25) is 0 Å². The Morgan fingerprint density at radius 3 is 0.370 bits per heavy atom. The van der Waals surface area contributed by atoms with Crippen molar-refractivity contribution in [1.29, 1.82) is 0 Å². The van der Waals surface area contributed by atoms with Crippen molar-refractivity contribution in [3.05, 3.63) is 0 Å². The van der Waals surface area contributed by atoms with Gasteiger partial charge in [-0.15, -0.1) is 0 Å². The number of hydrogen-bond acceptors (Lipinski definition) is 0. The van der Waals surface area contributed by atoms with Gasteiger partial charge in [-0.2, -0.15) is 0 Å². The fraction of sp³-hybridized carbons (Fsp3) is 1.00. The molecule has 27 heavy (non-hydrogen) atoms. The Kier molecular flexibility index (Phi) is 116. The van der Waals surface area contributed by atoms with Crippen LogP contribution in [0, 0.1) is 0 Å². The van der Waals surface area contributed by atoms with Gasteiger partial charge in [-0.05, 0) is 0 Å². The maximum atomic E-state index is 2.36. The molecule has 0 spiro atoms. The molecule has 0 aliphatic carbocycles. The van der Waals surface area contributed by atoms with Gasteiger partial charge in [0, 0.05) is 0 Å². The third kappa shape index (κ3) is 49.9. The second kappa shape index (κ2) is 53.3. The third-order valence-electron chi connectivity index (χ3n) is 3.45. The summed E-state index contributed by atoms with van der Waals surface area (Å²) in [4.78, 5) is 0. The topological polar surface area (TPSA) is 131 Å². The molecule has 3 aliphatic rings. The molecular formula is C12H38I7N6NaO. The van der Waals surface area contributed by atoms with Crippen LogP contribution in [-0.2, 0) is 0 Å². The zero-order chi connectivity index (χ0) is 12.7. The van der Waals surface area contributed by atoms with Crippen LogP contribution in [0.4, 0.5) is 0 Å². The maximum absolute atomic E-state index is 2.36. The van der Waals surface area contributed by atoms with Crippen molar-refractivity contribution in [2.24, 2.45) is 0 Å². The number of halogens is 7. The molecule has 0 aromatic rings. The van der Waals surface area contributed by atoms with E-state index in [4.69, 9.17) is 0 Å². The molecule has 0 bridgehead atoms. The minimum absolute atomic E-state index is 0. The van der Waals surface area contributed by atoms with Crippen LogP contribution in [0.2, 0.25) is 0 Å². The van der Waals surface area contributed by atoms with E-state index in [0.717, 1.165) is 0 Å². The van der Waals surface area contributed by atoms with Gasteiger partial charge in [0.05, 0.1) is 0 Å². The number of piperazine rings is 3. The van der Waals surface area contributed by atoms with Crippen LogP contribution in [-0.4, -0.2) is 84.0 Å². The van der Waals surface area contributed by atoms with E-state index in [1.165, 1.54) is 78.5 Å². The first-order valence-corrected chi connectivity index (χ1v) is 7.90. The molecule has 0 amide bonds. The molecule has 3 fully saturated rings. The first-order valence-electron chi connectivity index (χ1n) is 7.90. The Hall–Kier alpha value is 5.83. The van der Waals surface area contributed by atoms with E-state index < -0.39 is 0 Å². The fourth-order valence-corrected chi connectivity index (χ4v) is 2.28. The van der Waals surface area contributed by atoms with Gasteiger partial charge in [-0.1, -0.05) is 0 Å². The molecule has 0 atom stereocenters. The standard InChI is InChI=1S/3C4H10N2.7HI.Na.H2O/c3*1-2-6-4-3-5-1;;;;;;;;;/h3*5-6H,1-4H2;7*1H;;1H2/q;;;;;;;;;;+1;/p-1. The van der Waals surface area contributed by atoms with Crippen LogP contribution in [0.25, 0.3) is 0 Å². The summed E-state index contributed by atoms with van der Waals surface area (Å²) in [6.07, 6.45) is 0. The zero-order valence-corrected chi connectivity index (χ0v) is 33.2. The van der Waals surface area contributed by atoms with Gasteiger partial charge < -0.3 is 205 Å². The van der Waals surface area contributed by atoms with Crippen molar-refractivity contribution in [3.8, 4) is 0 Å². The van der Waals surface area contributed by atoms with Gasteiger partial charge in [0.1, 0.15) is 78.5 Å². The van der Waals surface area contributed by atoms with Crippen LogP contribution in [0.15, 0.2) is 0 Å². The molecular weight excluding hydrogens is 1160 g/mol. The fourth-order valence-electron chi connectivity index (χ4n) is 2.28. The van der Waals surface area contributed by atoms with Gasteiger partial charge in [-0.25, -0.2) is 0 Å². The second-order valence-electron chi connectivity index (χ2n) is 5.20. The van der Waals surface area contributed by atoms with Gasteiger partial charge in [0.25, 0.3) is 0 Å². The summed E-state index contributed by atoms with van der Waals surface area (Å²) < 4.78 is 0. The molecule has 0 radical (unpaired) electrons. The number of hydrogen-bond donors (Lipinski definition) is 6. The molecule has 7 nitrogen and oxygen atoms in total. The Morgan fingerprint density at radius 1 is 0.259 bits per heavy atom. The van der Waals surface area contributed by atoms with Gasteiger partial charge in [0.15, 0.2) is 0 Å². The molecule has 3 aliphatic heterocycles. The van der Waals surface area contributed by atoms with Crippen LogP contribution in [0.5, 0.6) is 0 Å². The maximum Gasteiger partial charge on any atom is 1.00 e. The van der Waals surface area contributed by atoms with E-state index in [1.807, 2.05) is 0 Å². The Bertz CT molecular complexity index is 125. The summed E-state index contributed by atoms with van der Waals surface area (Å²) in [6.45, 7) is 15.8. The average Bonchev–Trinajstić information content (AvgIpc) is 2.54. The zero-order valence-electron chi connectivity index (χ0n) is 16.1. The van der Waals surface area contributed by atoms with Crippen molar-refractivity contribution >= 4 is 0 Å². The van der Waals surface area contributed by atoms with E-state index in [-0.39, 0.29) is 203 Å². The van der Waals surface area contributed by atoms with Crippen molar-refractivity contribution in [2.45, 2.75) is 0 Å². The summed E-state index contributed by atoms with van der Waals surface area (Å²) >= 11 is 0. The predicted molar refractivity (Wildman–Crippen MR) is 73.6 cm³/mol. The average molecular weight is 1190 g/mol. The van der Waals surface area contributed by atoms with Crippen molar-refractivity contribution < 1.29 is 235 Å². The Labute approximate surface area is 307 Å². The SMILES string of the molecule is C1C[NH2+]CC[NH2+]1.C1C[NH2+]CC[NH2+]1.C1C[NH2+]CC[NH2+]1.O.[I-].[I-].[I-].[I-].[I-].[I-].[I-].[Na+]. The quantitative estimate of drug-likeness (QED) is 0.102. The molecule has 14 N–H and O–H groups in total. The number of rotatable bonds is 0. The summed E-state index contributed by atoms with van der Waals surface area (Å²) in [6, 6.07) is 0. The smallest absolute Gasteiger partial charge is 1.00 e. The molecule has 0 aromatic heterocycles. The first kappa shape index (κ1) is 58.6. The van der Waals surface area contributed by atoms with Crippen LogP contribution < -0.4 is 229 Å². The normalized spacial score (nSPS) is 16.0. The van der Waals surface area contributed by atoms with Crippen molar-refractivity contribution in [3.63, 3.8) is 0 Å². The first-order chi connectivity index (χ1) is 9.00. The van der Waals surface area contributed by atoms with Gasteiger partial charge >= 0.3 is 29.6 Å². The molecule has 0 saturated carbocycles. The van der Waals surface area contributed by atoms with Crippen molar-refractivity contribution in [2.75, 3.05) is 78.5 Å². The van der Waals surface area contributed by atoms with E-state index in [9.17, 15) is 0 Å². The third-order valence-corrected chi connectivity index (χ3v) is 3.45. The summed E-state index contributed by atoms with van der Waals surface area (Å²) in [5, 5.41) is 14.2. The van der Waals surface area contributed by atoms with Crippen LogP contribution in [0.1, 0.15) is 0 Å². The Balaban J connectivity index is -0.0000000220. The predicted octanol–water partition coefficient (Wildman–Crippen LogP) is -33.4. The molecule has 172 valence electrons. The monoisotopic (exact) mass is 1190 g/mol. The molecule has 3 rings (SSSR count). The number of quaternary nitrogens is 6. The minimum Gasteiger partial charge on any atom is -1.00 e. The molecule has 0 unspecified atom stereocenters. The number of nitrogens with two attached hydrogens (primary N) is 6. The van der Waals surface area contributed by atoms with E-state index in [0.29, 0.717) is 0 Å². The molecule has 0 aromatic carbocycles. The molecule has 3 heterocycles. The van der Waals surface area contributed by atoms with Crippen LogP contribution in [0.3, 0.4) is 0 Å². The summed E-state index contributed by atoms with van der Waals surface area (Å²) in [7, 11) is 0. The van der Waals surface area contributed by atoms with E-state index in [2.05, 4.69) is 31.9 Å². The Morgan fingerprint density at radius 2 is 0.333 bits per heavy atom. The van der Waals surface area contributed by atoms with E-state index in [1.54, 1.807) is 0 Å².